The van der Waals surface area contributed by atoms with Gasteiger partial charge in [0.2, 0.25) is 17.6 Å². The summed E-state index contributed by atoms with van der Waals surface area (Å²) in [4.78, 5) is 64.9. The smallest absolute Gasteiger partial charge is 0.315 e. The number of nitrogens with one attached hydrogen (secondary N) is 3. The van der Waals surface area contributed by atoms with E-state index in [1.165, 1.54) is 24.2 Å². The van der Waals surface area contributed by atoms with Crippen molar-refractivity contribution in [3.05, 3.63) is 30.3 Å². The first-order valence-electron chi connectivity index (χ1n) is 19.1. The normalized spacial score (nSPS) is 15.1. The highest BCUT2D eigenvalue weighted by Gasteiger charge is 2.42. The Morgan fingerprint density at radius 1 is 0.942 bits per heavy atom. The SMILES string of the molecule is CC.CCC.CCC(C)CC.CN(CC(CC(C)(C)C)NC(=O)NC(C(=O)N1CCCC1C(=O)NCC(=O)C(N)=O)C(C)(C)C)Sc1ccccc1. The third-order valence-electron chi connectivity index (χ3n) is 7.99. The van der Waals surface area contributed by atoms with E-state index in [-0.39, 0.29) is 17.4 Å². The van der Waals surface area contributed by atoms with Crippen LogP contribution in [0.2, 0.25) is 0 Å². The van der Waals surface area contributed by atoms with Gasteiger partial charge in [-0.05, 0) is 67.1 Å². The highest BCUT2D eigenvalue weighted by molar-refractivity contribution is 7.97. The molecule has 11 nitrogen and oxygen atoms in total. The number of likely N-dealkylation sites (tertiary alicyclic amines) is 1. The molecule has 3 atom stereocenters. The van der Waals surface area contributed by atoms with Gasteiger partial charge < -0.3 is 26.6 Å². The molecule has 1 aliphatic heterocycles. The molecular formula is C40H74N6O5S. The fourth-order valence-corrected chi connectivity index (χ4v) is 5.94. The molecule has 0 bridgehead atoms. The molecule has 2 rings (SSSR count). The molecule has 1 aromatic rings. The second kappa shape index (κ2) is 26.6. The lowest BCUT2D eigenvalue weighted by atomic mass is 9.85. The van der Waals surface area contributed by atoms with Gasteiger partial charge in [-0.3, -0.25) is 19.2 Å². The summed E-state index contributed by atoms with van der Waals surface area (Å²) in [5, 5.41) is 8.37. The van der Waals surface area contributed by atoms with E-state index in [4.69, 9.17) is 5.73 Å². The summed E-state index contributed by atoms with van der Waals surface area (Å²) in [6.45, 7) is 27.3. The molecule has 5 N–H and O–H groups in total. The number of rotatable bonds is 14. The number of urea groups is 1. The second-order valence-electron chi connectivity index (χ2n) is 15.4. The lowest BCUT2D eigenvalue weighted by molar-refractivity contribution is -0.142. The fourth-order valence-electron chi connectivity index (χ4n) is 5.05. The molecule has 5 amide bonds. The van der Waals surface area contributed by atoms with Crippen LogP contribution >= 0.6 is 11.9 Å². The van der Waals surface area contributed by atoms with Crippen molar-refractivity contribution >= 4 is 41.5 Å². The molecule has 1 saturated heterocycles. The first kappa shape index (κ1) is 51.0. The Bertz CT molecular complexity index is 1180. The average Bonchev–Trinajstić information content (AvgIpc) is 3.56. The van der Waals surface area contributed by atoms with Crippen LogP contribution < -0.4 is 21.7 Å². The first-order valence-corrected chi connectivity index (χ1v) is 19.9. The maximum atomic E-state index is 13.7. The quantitative estimate of drug-likeness (QED) is 0.116. The van der Waals surface area contributed by atoms with Crippen LogP contribution in [0.1, 0.15) is 129 Å². The largest absolute Gasteiger partial charge is 0.363 e. The van der Waals surface area contributed by atoms with E-state index in [0.29, 0.717) is 32.4 Å². The molecule has 0 aliphatic carbocycles. The molecule has 3 unspecified atom stereocenters. The Kier molecular flexibility index (Phi) is 26.1. The molecule has 52 heavy (non-hydrogen) atoms. The number of ketones is 1. The van der Waals surface area contributed by atoms with Crippen LogP contribution in [0.4, 0.5) is 4.79 Å². The Hall–Kier alpha value is -3.12. The maximum Gasteiger partial charge on any atom is 0.315 e. The Labute approximate surface area is 320 Å². The minimum Gasteiger partial charge on any atom is -0.363 e. The molecule has 0 saturated carbocycles. The van der Waals surface area contributed by atoms with E-state index < -0.39 is 47.7 Å². The van der Waals surface area contributed by atoms with Crippen LogP contribution in [-0.2, 0) is 19.2 Å². The fraction of sp³-hybridized carbons (Fsp3) is 0.725. The Balaban J connectivity index is 0. The number of benzene rings is 1. The van der Waals surface area contributed by atoms with Gasteiger partial charge in [0.25, 0.3) is 5.91 Å². The minimum absolute atomic E-state index is 0.0541. The van der Waals surface area contributed by atoms with Crippen LogP contribution in [0.3, 0.4) is 0 Å². The van der Waals surface area contributed by atoms with Gasteiger partial charge >= 0.3 is 6.03 Å². The van der Waals surface area contributed by atoms with Gasteiger partial charge in [-0.15, -0.1) is 0 Å². The highest BCUT2D eigenvalue weighted by atomic mass is 32.2. The molecule has 1 aromatic carbocycles. The van der Waals surface area contributed by atoms with E-state index in [2.05, 4.69) is 75.6 Å². The van der Waals surface area contributed by atoms with Crippen molar-refractivity contribution in [3.63, 3.8) is 0 Å². The number of carbonyl (C=O) groups excluding carboxylic acids is 5. The molecule has 300 valence electrons. The van der Waals surface area contributed by atoms with Gasteiger partial charge in [-0.25, -0.2) is 9.10 Å². The van der Waals surface area contributed by atoms with Crippen molar-refractivity contribution in [1.82, 2.24) is 25.2 Å². The van der Waals surface area contributed by atoms with Crippen molar-refractivity contribution in [2.24, 2.45) is 22.5 Å². The summed E-state index contributed by atoms with van der Waals surface area (Å²) < 4.78 is 2.08. The molecule has 1 fully saturated rings. The molecular weight excluding hydrogens is 677 g/mol. The predicted octanol–water partition coefficient (Wildman–Crippen LogP) is 7.19. The van der Waals surface area contributed by atoms with Crippen molar-refractivity contribution < 1.29 is 24.0 Å². The summed E-state index contributed by atoms with van der Waals surface area (Å²) in [6, 6.07) is 7.61. The van der Waals surface area contributed by atoms with Crippen LogP contribution in [0.5, 0.6) is 0 Å². The number of Topliss-reactive ketones (excluding diaryl/α,β-unsaturated/α-hetero) is 1. The van der Waals surface area contributed by atoms with Gasteiger partial charge in [-0.2, -0.15) is 0 Å². The standard InChI is InChI=1S/C29H46N6O5S.C6H14.C3H8.C2H6/c1-28(2,3)16-19(18-34(7)41-20-12-9-8-10-13-20)32-27(40)33-23(29(4,5)6)26(39)35-15-11-14-21(35)25(38)31-17-22(36)24(30)37;1-4-6(3)5-2;1-3-2;1-2/h8-10,12-13,19,21,23H,11,14-18H2,1-7H3,(H2,30,37)(H,31,38)(H2,32,33,40);6H,4-5H2,1-3H3;3H2,1-2H3;1-2H3. The molecule has 0 spiro atoms. The van der Waals surface area contributed by atoms with Crippen LogP contribution in [0.15, 0.2) is 35.2 Å². The van der Waals surface area contributed by atoms with Gasteiger partial charge in [0.1, 0.15) is 12.1 Å². The van der Waals surface area contributed by atoms with Gasteiger partial charge in [0, 0.05) is 24.0 Å². The lowest BCUT2D eigenvalue weighted by Crippen LogP contribution is -2.60. The van der Waals surface area contributed by atoms with E-state index in [0.717, 1.165) is 10.8 Å². The van der Waals surface area contributed by atoms with Crippen LogP contribution in [0.25, 0.3) is 0 Å². The van der Waals surface area contributed by atoms with Gasteiger partial charge in [0.15, 0.2) is 0 Å². The maximum absolute atomic E-state index is 13.7. The number of amides is 5. The number of nitrogens with zero attached hydrogens (tertiary/aromatic N) is 2. The molecule has 1 heterocycles. The molecule has 1 aliphatic rings. The number of hydrogen-bond acceptors (Lipinski definition) is 7. The predicted molar refractivity (Wildman–Crippen MR) is 217 cm³/mol. The Morgan fingerprint density at radius 2 is 1.48 bits per heavy atom. The Morgan fingerprint density at radius 3 is 1.92 bits per heavy atom. The summed E-state index contributed by atoms with van der Waals surface area (Å²) in [5.41, 5.74) is 4.25. The highest BCUT2D eigenvalue weighted by Crippen LogP contribution is 2.27. The molecule has 0 aromatic heterocycles. The summed E-state index contributed by atoms with van der Waals surface area (Å²) >= 11 is 1.59. The van der Waals surface area contributed by atoms with Crippen LogP contribution in [-0.4, -0.2) is 83.5 Å². The second-order valence-corrected chi connectivity index (χ2v) is 16.7. The number of likely N-dealkylation sites (N-methyl/N-ethyl adjacent to an activating group) is 1. The van der Waals surface area contributed by atoms with Crippen molar-refractivity contribution in [1.29, 1.82) is 0 Å². The van der Waals surface area contributed by atoms with E-state index >= 15 is 0 Å². The lowest BCUT2D eigenvalue weighted by Gasteiger charge is -2.36. The number of primary amides is 1. The summed E-state index contributed by atoms with van der Waals surface area (Å²) in [5.74, 6) is -2.03. The number of hydrogen-bond donors (Lipinski definition) is 4. The van der Waals surface area contributed by atoms with Crippen molar-refractivity contribution in [2.75, 3.05) is 26.7 Å². The minimum atomic E-state index is -1.14. The van der Waals surface area contributed by atoms with E-state index in [9.17, 15) is 24.0 Å². The zero-order valence-corrected chi connectivity index (χ0v) is 35.8. The first-order chi connectivity index (χ1) is 24.2. The monoisotopic (exact) mass is 751 g/mol. The van der Waals surface area contributed by atoms with E-state index in [1.54, 1.807) is 11.9 Å². The number of nitrogens with two attached hydrogens (primary N) is 1. The third-order valence-corrected chi connectivity index (χ3v) is 8.94. The average molecular weight is 751 g/mol. The van der Waals surface area contributed by atoms with Gasteiger partial charge in [0.05, 0.1) is 6.54 Å². The van der Waals surface area contributed by atoms with Crippen molar-refractivity contribution in [2.45, 2.75) is 152 Å². The zero-order valence-electron chi connectivity index (χ0n) is 35.0. The summed E-state index contributed by atoms with van der Waals surface area (Å²) in [6.07, 6.45) is 5.62. The number of carbonyl (C=O) groups is 5. The topological polar surface area (TPSA) is 154 Å². The van der Waals surface area contributed by atoms with Gasteiger partial charge in [-0.1, -0.05) is 127 Å². The third kappa shape index (κ3) is 22.1. The molecule has 12 heteroatoms. The molecule has 0 radical (unpaired) electrons. The van der Waals surface area contributed by atoms with E-state index in [1.807, 2.05) is 72.0 Å². The summed E-state index contributed by atoms with van der Waals surface area (Å²) in [7, 11) is 1.98. The van der Waals surface area contributed by atoms with Crippen LogP contribution in [0, 0.1) is 16.7 Å². The van der Waals surface area contributed by atoms with Crippen molar-refractivity contribution in [3.8, 4) is 0 Å². The zero-order chi connectivity index (χ0) is 40.7.